The number of carbonyl (C=O) groups is 1. The zero-order chi connectivity index (χ0) is 16.1. The van der Waals surface area contributed by atoms with Gasteiger partial charge in [-0.25, -0.2) is 0 Å². The van der Waals surface area contributed by atoms with Gasteiger partial charge in [0.15, 0.2) is 0 Å². The van der Waals surface area contributed by atoms with Crippen molar-refractivity contribution < 1.29 is 23.1 Å². The van der Waals surface area contributed by atoms with Gasteiger partial charge in [0.25, 0.3) is 0 Å². The molecular weight excluding hydrogens is 285 g/mol. The van der Waals surface area contributed by atoms with E-state index in [0.717, 1.165) is 13.0 Å². The van der Waals surface area contributed by atoms with Crippen molar-refractivity contribution in [2.45, 2.75) is 51.3 Å². The van der Waals surface area contributed by atoms with Gasteiger partial charge >= 0.3 is 6.18 Å². The number of nitrogens with one attached hydrogen (secondary N) is 1. The highest BCUT2D eigenvalue weighted by Crippen LogP contribution is 2.22. The lowest BCUT2D eigenvalue weighted by Crippen LogP contribution is -2.49. The lowest BCUT2D eigenvalue weighted by molar-refractivity contribution is -0.142. The zero-order valence-electron chi connectivity index (χ0n) is 12.7. The van der Waals surface area contributed by atoms with Crippen molar-refractivity contribution in [1.82, 2.24) is 10.2 Å². The number of hydrogen-bond donors (Lipinski definition) is 2. The summed E-state index contributed by atoms with van der Waals surface area (Å²) in [6, 6.07) is 0. The Morgan fingerprint density at radius 3 is 2.48 bits per heavy atom. The third-order valence-corrected chi connectivity index (χ3v) is 4.17. The van der Waals surface area contributed by atoms with E-state index in [1.165, 1.54) is 0 Å². The Morgan fingerprint density at radius 2 is 1.95 bits per heavy atom. The Kier molecular flexibility index (Phi) is 6.46. The molecule has 0 radical (unpaired) electrons. The molecular formula is C14H25F3N2O2. The number of halogens is 3. The minimum Gasteiger partial charge on any atom is -0.389 e. The summed E-state index contributed by atoms with van der Waals surface area (Å²) in [6.07, 6.45) is -1.80. The molecule has 1 atom stereocenters. The van der Waals surface area contributed by atoms with E-state index in [1.54, 1.807) is 0 Å². The summed E-state index contributed by atoms with van der Waals surface area (Å²) >= 11 is 0. The normalized spacial score (nSPS) is 21.3. The van der Waals surface area contributed by atoms with E-state index in [4.69, 9.17) is 0 Å². The van der Waals surface area contributed by atoms with Gasteiger partial charge in [-0.1, -0.05) is 13.8 Å². The first-order chi connectivity index (χ1) is 9.69. The lowest BCUT2D eigenvalue weighted by Gasteiger charge is -2.37. The van der Waals surface area contributed by atoms with Crippen molar-refractivity contribution >= 4 is 5.91 Å². The summed E-state index contributed by atoms with van der Waals surface area (Å²) in [4.78, 5) is 13.8. The summed E-state index contributed by atoms with van der Waals surface area (Å²) in [5.41, 5.74) is -0.787. The summed E-state index contributed by atoms with van der Waals surface area (Å²) in [7, 11) is 0. The van der Waals surface area contributed by atoms with Crippen LogP contribution in [0, 0.1) is 5.92 Å². The Morgan fingerprint density at radius 1 is 1.33 bits per heavy atom. The lowest BCUT2D eigenvalue weighted by atomic mass is 9.92. The molecule has 0 spiro atoms. The molecule has 0 aromatic rings. The van der Waals surface area contributed by atoms with Crippen molar-refractivity contribution in [2.24, 2.45) is 5.92 Å². The number of amides is 1. The summed E-state index contributed by atoms with van der Waals surface area (Å²) in [5.74, 6) is -0.979. The number of likely N-dealkylation sites (tertiary alicyclic amines) is 1. The van der Waals surface area contributed by atoms with Crippen LogP contribution in [0.3, 0.4) is 0 Å². The van der Waals surface area contributed by atoms with E-state index in [9.17, 15) is 23.1 Å². The molecule has 1 rings (SSSR count). The first-order valence-electron chi connectivity index (χ1n) is 7.48. The fourth-order valence-electron chi connectivity index (χ4n) is 2.63. The Balaban J connectivity index is 2.50. The molecule has 0 aliphatic carbocycles. The number of hydrogen-bond acceptors (Lipinski definition) is 3. The molecule has 1 aliphatic rings. The minimum atomic E-state index is -4.38. The highest BCUT2D eigenvalue weighted by Gasteiger charge is 2.33. The summed E-state index contributed by atoms with van der Waals surface area (Å²) in [6.45, 7) is 4.17. The smallest absolute Gasteiger partial charge is 0.389 e. The number of nitrogens with zero attached hydrogens (tertiary/aromatic N) is 1. The predicted molar refractivity (Wildman–Crippen MR) is 73.8 cm³/mol. The van der Waals surface area contributed by atoms with Crippen molar-refractivity contribution in [3.8, 4) is 0 Å². The highest BCUT2D eigenvalue weighted by molar-refractivity contribution is 5.79. The van der Waals surface area contributed by atoms with Crippen LogP contribution in [0.25, 0.3) is 0 Å². The molecule has 0 aromatic heterocycles. The molecule has 4 nitrogen and oxygen atoms in total. The zero-order valence-corrected chi connectivity index (χ0v) is 12.7. The van der Waals surface area contributed by atoms with Crippen LogP contribution in [-0.2, 0) is 4.79 Å². The minimum absolute atomic E-state index is 0.409. The van der Waals surface area contributed by atoms with Crippen LogP contribution in [-0.4, -0.2) is 53.9 Å². The Labute approximate surface area is 123 Å². The van der Waals surface area contributed by atoms with Gasteiger partial charge in [-0.2, -0.15) is 13.2 Å². The van der Waals surface area contributed by atoms with E-state index >= 15 is 0 Å². The molecule has 21 heavy (non-hydrogen) atoms. The molecule has 0 saturated carbocycles. The molecule has 0 aromatic carbocycles. The van der Waals surface area contributed by atoms with Crippen LogP contribution < -0.4 is 5.32 Å². The van der Waals surface area contributed by atoms with Crippen molar-refractivity contribution in [3.05, 3.63) is 0 Å². The SMILES string of the molecule is CCC(O)(CC)CN1CCCC(C(=O)NCC(F)(F)F)C1. The maximum absolute atomic E-state index is 12.1. The molecule has 1 unspecified atom stereocenters. The third kappa shape index (κ3) is 6.22. The molecule has 2 N–H and O–H groups in total. The van der Waals surface area contributed by atoms with E-state index in [0.29, 0.717) is 32.4 Å². The molecule has 1 amide bonds. The molecule has 7 heteroatoms. The van der Waals surface area contributed by atoms with Crippen LogP contribution in [0.4, 0.5) is 13.2 Å². The van der Waals surface area contributed by atoms with Gasteiger partial charge in [-0.3, -0.25) is 9.69 Å². The third-order valence-electron chi connectivity index (χ3n) is 4.17. The van der Waals surface area contributed by atoms with Crippen molar-refractivity contribution in [3.63, 3.8) is 0 Å². The number of β-amino-alcohol motifs (C(OH)–C–C–N with tert-alkyl or cyclic N) is 1. The standard InChI is InChI=1S/C14H25F3N2O2/c1-3-13(21,4-2)10-19-7-5-6-11(8-19)12(20)18-9-14(15,16)17/h11,21H,3-10H2,1-2H3,(H,18,20). The molecule has 124 valence electrons. The quantitative estimate of drug-likeness (QED) is 0.788. The first kappa shape index (κ1) is 18.2. The molecule has 1 aliphatic heterocycles. The van der Waals surface area contributed by atoms with Crippen LogP contribution in [0.1, 0.15) is 39.5 Å². The van der Waals surface area contributed by atoms with Gasteiger partial charge in [0.2, 0.25) is 5.91 Å². The Hall–Kier alpha value is -0.820. The van der Waals surface area contributed by atoms with Crippen LogP contribution >= 0.6 is 0 Å². The number of aliphatic hydroxyl groups is 1. The van der Waals surface area contributed by atoms with Gasteiger partial charge < -0.3 is 10.4 Å². The van der Waals surface area contributed by atoms with Crippen molar-refractivity contribution in [1.29, 1.82) is 0 Å². The van der Waals surface area contributed by atoms with Gasteiger partial charge in [-0.15, -0.1) is 0 Å². The maximum atomic E-state index is 12.1. The molecule has 1 saturated heterocycles. The second-order valence-corrected chi connectivity index (χ2v) is 5.84. The monoisotopic (exact) mass is 310 g/mol. The summed E-state index contributed by atoms with van der Waals surface area (Å²) in [5, 5.41) is 12.3. The maximum Gasteiger partial charge on any atom is 0.405 e. The Bertz CT molecular complexity index is 344. The fourth-order valence-corrected chi connectivity index (χ4v) is 2.63. The van der Waals surface area contributed by atoms with E-state index in [2.05, 4.69) is 0 Å². The average Bonchev–Trinajstić information content (AvgIpc) is 2.44. The predicted octanol–water partition coefficient (Wildman–Crippen LogP) is 1.93. The van der Waals surface area contributed by atoms with Gasteiger partial charge in [0, 0.05) is 13.1 Å². The topological polar surface area (TPSA) is 52.6 Å². The number of alkyl halides is 3. The van der Waals surface area contributed by atoms with E-state index in [1.807, 2.05) is 24.1 Å². The van der Waals surface area contributed by atoms with E-state index < -0.39 is 30.1 Å². The van der Waals surface area contributed by atoms with Gasteiger partial charge in [0.05, 0.1) is 11.5 Å². The van der Waals surface area contributed by atoms with Crippen molar-refractivity contribution in [2.75, 3.05) is 26.2 Å². The highest BCUT2D eigenvalue weighted by atomic mass is 19.4. The fraction of sp³-hybridized carbons (Fsp3) is 0.929. The summed E-state index contributed by atoms with van der Waals surface area (Å²) < 4.78 is 36.3. The molecule has 1 heterocycles. The number of carbonyl (C=O) groups excluding carboxylic acids is 1. The molecule has 1 fully saturated rings. The first-order valence-corrected chi connectivity index (χ1v) is 7.48. The second-order valence-electron chi connectivity index (χ2n) is 5.84. The van der Waals surface area contributed by atoms with Crippen LogP contribution in [0.5, 0.6) is 0 Å². The molecule has 0 bridgehead atoms. The average molecular weight is 310 g/mol. The van der Waals surface area contributed by atoms with E-state index in [-0.39, 0.29) is 0 Å². The van der Waals surface area contributed by atoms with Crippen LogP contribution in [0.15, 0.2) is 0 Å². The second kappa shape index (κ2) is 7.45. The van der Waals surface area contributed by atoms with Crippen LogP contribution in [0.2, 0.25) is 0 Å². The van der Waals surface area contributed by atoms with Gasteiger partial charge in [-0.05, 0) is 32.2 Å². The van der Waals surface area contributed by atoms with Gasteiger partial charge in [0.1, 0.15) is 6.54 Å². The largest absolute Gasteiger partial charge is 0.405 e. The number of rotatable bonds is 6. The number of piperidine rings is 1.